The molecule has 0 heterocycles. The molecule has 0 aliphatic heterocycles. The van der Waals surface area contributed by atoms with Gasteiger partial charge in [-0.25, -0.2) is 0 Å². The summed E-state index contributed by atoms with van der Waals surface area (Å²) < 4.78 is 0. The van der Waals surface area contributed by atoms with E-state index < -0.39 is 0 Å². The fraction of sp³-hybridized carbons (Fsp3) is 0.500. The lowest BCUT2D eigenvalue weighted by atomic mass is 10.0. The van der Waals surface area contributed by atoms with Gasteiger partial charge in [-0.1, -0.05) is 30.3 Å². The molecule has 0 bridgehead atoms. The van der Waals surface area contributed by atoms with Gasteiger partial charge in [0.1, 0.15) is 0 Å². The SMILES string of the molecule is CC(C)(CN)NC(=O)CCCc1ccccc1. The van der Waals surface area contributed by atoms with Crippen molar-refractivity contribution in [3.8, 4) is 0 Å². The number of benzene rings is 1. The van der Waals surface area contributed by atoms with Gasteiger partial charge >= 0.3 is 0 Å². The van der Waals surface area contributed by atoms with E-state index in [0.717, 1.165) is 12.8 Å². The Bertz CT molecular complexity index is 346. The van der Waals surface area contributed by atoms with Crippen molar-refractivity contribution in [2.45, 2.75) is 38.6 Å². The number of carbonyl (C=O) groups is 1. The molecule has 17 heavy (non-hydrogen) atoms. The maximum absolute atomic E-state index is 11.6. The smallest absolute Gasteiger partial charge is 0.220 e. The molecule has 0 aromatic heterocycles. The lowest BCUT2D eigenvalue weighted by Gasteiger charge is -2.24. The Morgan fingerprint density at radius 1 is 1.29 bits per heavy atom. The average molecular weight is 234 g/mol. The first-order valence-electron chi connectivity index (χ1n) is 6.08. The zero-order chi connectivity index (χ0) is 12.7. The van der Waals surface area contributed by atoms with Gasteiger partial charge in [-0.3, -0.25) is 4.79 Å². The Balaban J connectivity index is 2.25. The maximum atomic E-state index is 11.6. The second kappa shape index (κ2) is 6.40. The molecule has 0 aliphatic rings. The lowest BCUT2D eigenvalue weighted by molar-refractivity contribution is -0.122. The Morgan fingerprint density at radius 3 is 2.53 bits per heavy atom. The van der Waals surface area contributed by atoms with E-state index in [1.54, 1.807) is 0 Å². The number of aryl methyl sites for hydroxylation is 1. The minimum Gasteiger partial charge on any atom is -0.350 e. The van der Waals surface area contributed by atoms with Crippen LogP contribution in [0.25, 0.3) is 0 Å². The summed E-state index contributed by atoms with van der Waals surface area (Å²) >= 11 is 0. The second-order valence-electron chi connectivity index (χ2n) is 4.98. The maximum Gasteiger partial charge on any atom is 0.220 e. The van der Waals surface area contributed by atoms with E-state index >= 15 is 0 Å². The number of nitrogens with two attached hydrogens (primary N) is 1. The van der Waals surface area contributed by atoms with Crippen LogP contribution in [0.2, 0.25) is 0 Å². The molecule has 0 atom stereocenters. The van der Waals surface area contributed by atoms with Gasteiger partial charge in [-0.05, 0) is 32.3 Å². The van der Waals surface area contributed by atoms with Gasteiger partial charge in [-0.15, -0.1) is 0 Å². The number of nitrogens with one attached hydrogen (secondary N) is 1. The number of rotatable bonds is 6. The number of hydrogen-bond donors (Lipinski definition) is 2. The van der Waals surface area contributed by atoms with Gasteiger partial charge in [0.05, 0.1) is 0 Å². The predicted molar refractivity (Wildman–Crippen MR) is 70.7 cm³/mol. The van der Waals surface area contributed by atoms with E-state index in [4.69, 9.17) is 5.73 Å². The summed E-state index contributed by atoms with van der Waals surface area (Å²) in [7, 11) is 0. The molecule has 0 spiro atoms. The molecule has 1 rings (SSSR count). The fourth-order valence-corrected chi connectivity index (χ4v) is 1.59. The van der Waals surface area contributed by atoms with Crippen molar-refractivity contribution >= 4 is 5.91 Å². The molecular weight excluding hydrogens is 212 g/mol. The third-order valence-electron chi connectivity index (χ3n) is 2.70. The summed E-state index contributed by atoms with van der Waals surface area (Å²) in [6.07, 6.45) is 2.37. The molecule has 3 heteroatoms. The molecule has 0 unspecified atom stereocenters. The van der Waals surface area contributed by atoms with E-state index in [1.165, 1.54) is 5.56 Å². The van der Waals surface area contributed by atoms with E-state index in [9.17, 15) is 4.79 Å². The molecule has 0 aliphatic carbocycles. The number of carbonyl (C=O) groups excluding carboxylic acids is 1. The van der Waals surface area contributed by atoms with Crippen molar-refractivity contribution in [2.75, 3.05) is 6.54 Å². The van der Waals surface area contributed by atoms with Crippen LogP contribution in [0.5, 0.6) is 0 Å². The highest BCUT2D eigenvalue weighted by Crippen LogP contribution is 2.05. The molecular formula is C14H22N2O. The van der Waals surface area contributed by atoms with Crippen LogP contribution in [0, 0.1) is 0 Å². The molecule has 94 valence electrons. The van der Waals surface area contributed by atoms with Gasteiger partial charge in [0.15, 0.2) is 0 Å². The average Bonchev–Trinajstić information content (AvgIpc) is 2.30. The Hall–Kier alpha value is -1.35. The van der Waals surface area contributed by atoms with Crippen molar-refractivity contribution in [1.29, 1.82) is 0 Å². The first kappa shape index (κ1) is 13.7. The first-order chi connectivity index (χ1) is 8.03. The van der Waals surface area contributed by atoms with Crippen molar-refractivity contribution < 1.29 is 4.79 Å². The fourth-order valence-electron chi connectivity index (χ4n) is 1.59. The molecule has 0 radical (unpaired) electrons. The summed E-state index contributed by atoms with van der Waals surface area (Å²) in [6.45, 7) is 4.32. The Morgan fingerprint density at radius 2 is 1.94 bits per heavy atom. The Labute approximate surface area is 103 Å². The summed E-state index contributed by atoms with van der Waals surface area (Å²) in [6, 6.07) is 10.2. The summed E-state index contributed by atoms with van der Waals surface area (Å²) in [5.41, 5.74) is 6.53. The normalized spacial score (nSPS) is 11.2. The van der Waals surface area contributed by atoms with Crippen LogP contribution in [0.1, 0.15) is 32.3 Å². The quantitative estimate of drug-likeness (QED) is 0.789. The first-order valence-corrected chi connectivity index (χ1v) is 6.08. The van der Waals surface area contributed by atoms with E-state index in [-0.39, 0.29) is 11.4 Å². The van der Waals surface area contributed by atoms with Crippen molar-refractivity contribution in [3.05, 3.63) is 35.9 Å². The topological polar surface area (TPSA) is 55.1 Å². The number of hydrogen-bond acceptors (Lipinski definition) is 2. The largest absolute Gasteiger partial charge is 0.350 e. The highest BCUT2D eigenvalue weighted by molar-refractivity contribution is 5.76. The van der Waals surface area contributed by atoms with Crippen LogP contribution in [0.4, 0.5) is 0 Å². The predicted octanol–water partition coefficient (Wildman–Crippen LogP) is 1.86. The summed E-state index contributed by atoms with van der Waals surface area (Å²) in [4.78, 5) is 11.6. The van der Waals surface area contributed by atoms with Crippen LogP contribution in [-0.4, -0.2) is 18.0 Å². The highest BCUT2D eigenvalue weighted by atomic mass is 16.1. The van der Waals surface area contributed by atoms with E-state index in [1.807, 2.05) is 32.0 Å². The molecule has 1 aromatic rings. The zero-order valence-corrected chi connectivity index (χ0v) is 10.7. The lowest BCUT2D eigenvalue weighted by Crippen LogP contribution is -2.48. The number of amides is 1. The van der Waals surface area contributed by atoms with Crippen molar-refractivity contribution in [3.63, 3.8) is 0 Å². The Kier molecular flexibility index (Phi) is 5.16. The summed E-state index contributed by atoms with van der Waals surface area (Å²) in [5.74, 6) is 0.0800. The van der Waals surface area contributed by atoms with Gasteiger partial charge in [0.25, 0.3) is 0 Å². The van der Waals surface area contributed by atoms with Crippen LogP contribution >= 0.6 is 0 Å². The van der Waals surface area contributed by atoms with Crippen molar-refractivity contribution in [1.82, 2.24) is 5.32 Å². The minimum absolute atomic E-state index is 0.0800. The van der Waals surface area contributed by atoms with Gasteiger partial charge < -0.3 is 11.1 Å². The van der Waals surface area contributed by atoms with Crippen LogP contribution in [0.3, 0.4) is 0 Å². The molecule has 0 saturated carbocycles. The highest BCUT2D eigenvalue weighted by Gasteiger charge is 2.17. The van der Waals surface area contributed by atoms with Gasteiger partial charge in [0, 0.05) is 18.5 Å². The third-order valence-corrected chi connectivity index (χ3v) is 2.70. The standard InChI is InChI=1S/C14H22N2O/c1-14(2,11-15)16-13(17)10-6-9-12-7-4-3-5-8-12/h3-5,7-8H,6,9-11,15H2,1-2H3,(H,16,17). The van der Waals surface area contributed by atoms with Crippen LogP contribution in [0.15, 0.2) is 30.3 Å². The molecule has 0 saturated heterocycles. The zero-order valence-electron chi connectivity index (χ0n) is 10.7. The monoisotopic (exact) mass is 234 g/mol. The van der Waals surface area contributed by atoms with Crippen LogP contribution < -0.4 is 11.1 Å². The third kappa shape index (κ3) is 5.50. The van der Waals surface area contributed by atoms with E-state index in [2.05, 4.69) is 17.4 Å². The van der Waals surface area contributed by atoms with E-state index in [0.29, 0.717) is 13.0 Å². The molecule has 3 N–H and O–H groups in total. The minimum atomic E-state index is -0.302. The van der Waals surface area contributed by atoms with Gasteiger partial charge in [-0.2, -0.15) is 0 Å². The summed E-state index contributed by atoms with van der Waals surface area (Å²) in [5, 5.41) is 2.93. The van der Waals surface area contributed by atoms with Gasteiger partial charge in [0.2, 0.25) is 5.91 Å². The van der Waals surface area contributed by atoms with Crippen molar-refractivity contribution in [2.24, 2.45) is 5.73 Å². The van der Waals surface area contributed by atoms with Crippen LogP contribution in [-0.2, 0) is 11.2 Å². The second-order valence-corrected chi connectivity index (χ2v) is 4.98. The molecule has 1 amide bonds. The molecule has 3 nitrogen and oxygen atoms in total. The molecule has 0 fully saturated rings. The molecule has 1 aromatic carbocycles.